The monoisotopic (exact) mass is 272 g/mol. The molecule has 2 rings (SSSR count). The molecule has 0 spiro atoms. The molecule has 0 aromatic rings. The van der Waals surface area contributed by atoms with E-state index in [9.17, 15) is 9.59 Å². The summed E-state index contributed by atoms with van der Waals surface area (Å²) in [5.41, 5.74) is 0. The van der Waals surface area contributed by atoms with E-state index in [0.29, 0.717) is 12.0 Å². The molecule has 4 nitrogen and oxygen atoms in total. The van der Waals surface area contributed by atoms with E-state index >= 15 is 0 Å². The highest BCUT2D eigenvalue weighted by Crippen LogP contribution is 2.29. The van der Waals surface area contributed by atoms with Gasteiger partial charge in [-0.1, -0.05) is 0 Å². The minimum Gasteiger partial charge on any atom is -0.341 e. The third kappa shape index (κ3) is 3.37. The number of alkyl halides is 1. The third-order valence-corrected chi connectivity index (χ3v) is 4.06. The molecule has 1 heterocycles. The molecule has 0 aromatic carbocycles. The average molecular weight is 273 g/mol. The van der Waals surface area contributed by atoms with Gasteiger partial charge in [0.25, 0.3) is 0 Å². The number of amides is 2. The van der Waals surface area contributed by atoms with Crippen molar-refractivity contribution in [1.82, 2.24) is 9.80 Å². The van der Waals surface area contributed by atoms with Gasteiger partial charge in [0.2, 0.25) is 11.8 Å². The van der Waals surface area contributed by atoms with Crippen molar-refractivity contribution in [3.63, 3.8) is 0 Å². The molecular weight excluding hydrogens is 252 g/mol. The Morgan fingerprint density at radius 2 is 2.06 bits per heavy atom. The van der Waals surface area contributed by atoms with Crippen LogP contribution in [0.3, 0.4) is 0 Å². The predicted octanol–water partition coefficient (Wildman–Crippen LogP) is 1.47. The van der Waals surface area contributed by atoms with E-state index in [4.69, 9.17) is 11.6 Å². The summed E-state index contributed by atoms with van der Waals surface area (Å²) in [4.78, 5) is 27.0. The Morgan fingerprint density at radius 1 is 1.33 bits per heavy atom. The first kappa shape index (κ1) is 13.7. The Labute approximate surface area is 113 Å². The van der Waals surface area contributed by atoms with Gasteiger partial charge in [0.1, 0.15) is 5.88 Å². The molecule has 2 aliphatic rings. The molecule has 1 saturated heterocycles. The van der Waals surface area contributed by atoms with Crippen LogP contribution in [0.5, 0.6) is 0 Å². The molecule has 5 heteroatoms. The summed E-state index contributed by atoms with van der Waals surface area (Å²) >= 11 is 5.59. The highest BCUT2D eigenvalue weighted by atomic mass is 35.5. The first-order valence-electron chi connectivity index (χ1n) is 6.72. The Balaban J connectivity index is 1.88. The predicted molar refractivity (Wildman–Crippen MR) is 70.4 cm³/mol. The fourth-order valence-corrected chi connectivity index (χ4v) is 2.89. The lowest BCUT2D eigenvalue weighted by molar-refractivity contribution is -0.132. The zero-order chi connectivity index (χ0) is 13.1. The van der Waals surface area contributed by atoms with Crippen molar-refractivity contribution in [3.8, 4) is 0 Å². The molecule has 2 amide bonds. The smallest absolute Gasteiger partial charge is 0.237 e. The Morgan fingerprint density at radius 3 is 2.61 bits per heavy atom. The molecule has 1 atom stereocenters. The molecule has 0 radical (unpaired) electrons. The lowest BCUT2D eigenvalue weighted by Gasteiger charge is -2.35. The fourth-order valence-electron chi connectivity index (χ4n) is 2.72. The van der Waals surface area contributed by atoms with Crippen LogP contribution >= 0.6 is 11.6 Å². The molecule has 1 saturated carbocycles. The molecule has 0 bridgehead atoms. The number of rotatable bonds is 4. The average Bonchev–Trinajstić information content (AvgIpc) is 3.19. The molecule has 18 heavy (non-hydrogen) atoms. The standard InChI is InChI=1S/C13H21ClN2O2/c1-10(17)16(12-4-5-12)9-11-3-2-6-15(8-11)13(18)7-14/h11-12H,2-9H2,1H3/t11-/m1/s1. The Hall–Kier alpha value is -0.770. The lowest BCUT2D eigenvalue weighted by atomic mass is 9.97. The molecule has 0 aromatic heterocycles. The highest BCUT2D eigenvalue weighted by Gasteiger charge is 2.33. The van der Waals surface area contributed by atoms with Crippen LogP contribution < -0.4 is 0 Å². The van der Waals surface area contributed by atoms with Gasteiger partial charge in [-0.05, 0) is 31.6 Å². The number of halogens is 1. The van der Waals surface area contributed by atoms with Crippen LogP contribution in [-0.4, -0.2) is 53.2 Å². The second kappa shape index (κ2) is 5.91. The van der Waals surface area contributed by atoms with Crippen LogP contribution in [0.4, 0.5) is 0 Å². The normalized spacial score (nSPS) is 23.9. The molecule has 1 aliphatic carbocycles. The molecule has 2 fully saturated rings. The highest BCUT2D eigenvalue weighted by molar-refractivity contribution is 6.27. The Kier molecular flexibility index (Phi) is 4.49. The number of hydrogen-bond acceptors (Lipinski definition) is 2. The summed E-state index contributed by atoms with van der Waals surface area (Å²) in [6.07, 6.45) is 4.39. The van der Waals surface area contributed by atoms with Crippen molar-refractivity contribution in [2.75, 3.05) is 25.5 Å². The van der Waals surface area contributed by atoms with Crippen molar-refractivity contribution in [1.29, 1.82) is 0 Å². The van der Waals surface area contributed by atoms with Crippen molar-refractivity contribution in [2.24, 2.45) is 5.92 Å². The minimum absolute atomic E-state index is 0.0159. The molecule has 102 valence electrons. The zero-order valence-electron chi connectivity index (χ0n) is 10.9. The van der Waals surface area contributed by atoms with Crippen LogP contribution in [0, 0.1) is 5.92 Å². The second-order valence-corrected chi connectivity index (χ2v) is 5.65. The largest absolute Gasteiger partial charge is 0.341 e. The number of piperidine rings is 1. The Bertz CT molecular complexity index is 331. The van der Waals surface area contributed by atoms with Crippen LogP contribution in [0.15, 0.2) is 0 Å². The number of carbonyl (C=O) groups is 2. The summed E-state index contributed by atoms with van der Waals surface area (Å²) in [5.74, 6) is 0.655. The van der Waals surface area contributed by atoms with E-state index < -0.39 is 0 Å². The van der Waals surface area contributed by atoms with Gasteiger partial charge >= 0.3 is 0 Å². The summed E-state index contributed by atoms with van der Waals surface area (Å²) in [6.45, 7) is 4.00. The minimum atomic E-state index is 0.0159. The van der Waals surface area contributed by atoms with Gasteiger partial charge in [-0.25, -0.2) is 0 Å². The van der Waals surface area contributed by atoms with E-state index in [-0.39, 0.29) is 17.7 Å². The number of hydrogen-bond donors (Lipinski definition) is 0. The zero-order valence-corrected chi connectivity index (χ0v) is 11.7. The van der Waals surface area contributed by atoms with Gasteiger partial charge in [0.15, 0.2) is 0 Å². The van der Waals surface area contributed by atoms with Crippen LogP contribution in [0.2, 0.25) is 0 Å². The van der Waals surface area contributed by atoms with Crippen molar-refractivity contribution in [2.45, 2.75) is 38.6 Å². The van der Waals surface area contributed by atoms with Crippen LogP contribution in [0.1, 0.15) is 32.6 Å². The lowest BCUT2D eigenvalue weighted by Crippen LogP contribution is -2.45. The van der Waals surface area contributed by atoms with Crippen molar-refractivity contribution >= 4 is 23.4 Å². The fraction of sp³-hybridized carbons (Fsp3) is 0.846. The van der Waals surface area contributed by atoms with Gasteiger partial charge in [-0.3, -0.25) is 9.59 Å². The number of likely N-dealkylation sites (tertiary alicyclic amines) is 1. The quantitative estimate of drug-likeness (QED) is 0.728. The maximum atomic E-state index is 11.6. The maximum absolute atomic E-state index is 11.6. The molecule has 1 aliphatic heterocycles. The van der Waals surface area contributed by atoms with Gasteiger partial charge in [0.05, 0.1) is 0 Å². The van der Waals surface area contributed by atoms with Crippen molar-refractivity contribution < 1.29 is 9.59 Å². The van der Waals surface area contributed by atoms with Gasteiger partial charge in [-0.15, -0.1) is 11.6 Å². The van der Waals surface area contributed by atoms with Gasteiger partial charge < -0.3 is 9.80 Å². The first-order chi connectivity index (χ1) is 8.61. The van der Waals surface area contributed by atoms with E-state index in [0.717, 1.165) is 45.3 Å². The van der Waals surface area contributed by atoms with E-state index in [1.54, 1.807) is 6.92 Å². The van der Waals surface area contributed by atoms with Gasteiger partial charge in [0, 0.05) is 32.6 Å². The second-order valence-electron chi connectivity index (χ2n) is 5.38. The summed E-state index contributed by atoms with van der Waals surface area (Å²) in [7, 11) is 0. The van der Waals surface area contributed by atoms with E-state index in [1.807, 2.05) is 9.80 Å². The third-order valence-electron chi connectivity index (χ3n) is 3.83. The topological polar surface area (TPSA) is 40.6 Å². The maximum Gasteiger partial charge on any atom is 0.237 e. The summed E-state index contributed by atoms with van der Waals surface area (Å²) < 4.78 is 0. The molecule has 0 unspecified atom stereocenters. The number of carbonyl (C=O) groups excluding carboxylic acids is 2. The molecular formula is C13H21ClN2O2. The SMILES string of the molecule is CC(=O)N(C[C@@H]1CCCN(C(=O)CCl)C1)C1CC1. The van der Waals surface area contributed by atoms with Crippen molar-refractivity contribution in [3.05, 3.63) is 0 Å². The van der Waals surface area contributed by atoms with Crippen LogP contribution in [-0.2, 0) is 9.59 Å². The summed E-state index contributed by atoms with van der Waals surface area (Å²) in [5, 5.41) is 0. The van der Waals surface area contributed by atoms with E-state index in [2.05, 4.69) is 0 Å². The van der Waals surface area contributed by atoms with Gasteiger partial charge in [-0.2, -0.15) is 0 Å². The van der Waals surface area contributed by atoms with E-state index in [1.165, 1.54) is 0 Å². The first-order valence-corrected chi connectivity index (χ1v) is 7.26. The summed E-state index contributed by atoms with van der Waals surface area (Å²) in [6, 6.07) is 0.460. The molecule has 0 N–H and O–H groups in total. The number of nitrogens with zero attached hydrogens (tertiary/aromatic N) is 2. The van der Waals surface area contributed by atoms with Crippen LogP contribution in [0.25, 0.3) is 0 Å².